The number of hydrogen-bond donors (Lipinski definition) is 1. The van der Waals surface area contributed by atoms with E-state index < -0.39 is 0 Å². The Hall–Kier alpha value is -1.58. The van der Waals surface area contributed by atoms with Crippen LogP contribution < -0.4 is 5.32 Å². The van der Waals surface area contributed by atoms with Gasteiger partial charge in [0.2, 0.25) is 0 Å². The number of pyridine rings is 1. The molecule has 0 radical (unpaired) electrons. The second-order valence-electron chi connectivity index (χ2n) is 4.58. The van der Waals surface area contributed by atoms with Crippen LogP contribution >= 0.6 is 0 Å². The van der Waals surface area contributed by atoms with Crippen LogP contribution in [0.4, 0.5) is 10.6 Å². The maximum Gasteiger partial charge on any atom is 0.323 e. The third-order valence-corrected chi connectivity index (χ3v) is 2.86. The van der Waals surface area contributed by atoms with E-state index in [9.17, 15) is 4.79 Å². The summed E-state index contributed by atoms with van der Waals surface area (Å²) in [4.78, 5) is 18.1. The summed E-state index contributed by atoms with van der Waals surface area (Å²) in [5.74, 6) is 0.627. The molecular formula is C13H19N3O. The fourth-order valence-corrected chi connectivity index (χ4v) is 1.80. The predicted octanol–water partition coefficient (Wildman–Crippen LogP) is 2.80. The Bertz CT molecular complexity index is 384. The molecule has 1 aromatic rings. The van der Waals surface area contributed by atoms with Crippen LogP contribution in [0.3, 0.4) is 0 Å². The van der Waals surface area contributed by atoms with Gasteiger partial charge in [-0.3, -0.25) is 5.32 Å². The van der Waals surface area contributed by atoms with Crippen molar-refractivity contribution in [2.24, 2.45) is 0 Å². The van der Waals surface area contributed by atoms with Gasteiger partial charge < -0.3 is 4.90 Å². The molecule has 1 saturated carbocycles. The maximum absolute atomic E-state index is 12.0. The van der Waals surface area contributed by atoms with E-state index in [1.165, 1.54) is 0 Å². The summed E-state index contributed by atoms with van der Waals surface area (Å²) in [6.45, 7) is 4.89. The van der Waals surface area contributed by atoms with Crippen molar-refractivity contribution in [2.75, 3.05) is 11.9 Å². The molecule has 0 unspecified atom stereocenters. The van der Waals surface area contributed by atoms with Crippen LogP contribution in [0.25, 0.3) is 0 Å². The Morgan fingerprint density at radius 1 is 1.53 bits per heavy atom. The zero-order valence-electron chi connectivity index (χ0n) is 10.4. The molecule has 17 heavy (non-hydrogen) atoms. The molecule has 1 aliphatic rings. The van der Waals surface area contributed by atoms with Gasteiger partial charge in [0, 0.05) is 18.8 Å². The number of amides is 2. The summed E-state index contributed by atoms with van der Waals surface area (Å²) in [5, 5.41) is 2.85. The minimum absolute atomic E-state index is 0.0225. The highest BCUT2D eigenvalue weighted by atomic mass is 16.2. The van der Waals surface area contributed by atoms with Gasteiger partial charge in [-0.1, -0.05) is 13.0 Å². The first kappa shape index (κ1) is 11.9. The van der Waals surface area contributed by atoms with Gasteiger partial charge in [-0.25, -0.2) is 9.78 Å². The van der Waals surface area contributed by atoms with Gasteiger partial charge in [-0.15, -0.1) is 0 Å². The first-order chi connectivity index (χ1) is 8.20. The van der Waals surface area contributed by atoms with Crippen molar-refractivity contribution in [3.8, 4) is 0 Å². The molecule has 0 bridgehead atoms. The van der Waals surface area contributed by atoms with E-state index in [0.29, 0.717) is 11.9 Å². The molecule has 0 spiro atoms. The Balaban J connectivity index is 1.96. The van der Waals surface area contributed by atoms with Gasteiger partial charge >= 0.3 is 6.03 Å². The topological polar surface area (TPSA) is 45.2 Å². The highest BCUT2D eigenvalue weighted by molar-refractivity contribution is 5.88. The van der Waals surface area contributed by atoms with Gasteiger partial charge in [0.15, 0.2) is 0 Å². The maximum atomic E-state index is 12.0. The van der Waals surface area contributed by atoms with Crippen molar-refractivity contribution < 1.29 is 4.79 Å². The molecule has 0 aromatic carbocycles. The molecule has 1 fully saturated rings. The zero-order chi connectivity index (χ0) is 12.3. The van der Waals surface area contributed by atoms with Crippen molar-refractivity contribution in [1.82, 2.24) is 9.88 Å². The standard InChI is InChI=1S/C13H19N3O/c1-3-8-16(11-5-6-11)13(17)15-12-7-4-10(2)9-14-12/h4,7,9,11H,3,5-6,8H2,1-2H3,(H,14,15,17). The SMILES string of the molecule is CCCN(C(=O)Nc1ccc(C)cn1)C1CC1. The van der Waals surface area contributed by atoms with Crippen molar-refractivity contribution >= 4 is 11.8 Å². The summed E-state index contributed by atoms with van der Waals surface area (Å²) in [7, 11) is 0. The lowest BCUT2D eigenvalue weighted by molar-refractivity contribution is 0.209. The first-order valence-corrected chi connectivity index (χ1v) is 6.21. The fourth-order valence-electron chi connectivity index (χ4n) is 1.80. The molecule has 92 valence electrons. The number of aromatic nitrogens is 1. The number of urea groups is 1. The molecule has 1 heterocycles. The molecule has 1 aromatic heterocycles. The molecule has 4 nitrogen and oxygen atoms in total. The molecule has 0 saturated heterocycles. The second kappa shape index (κ2) is 5.17. The highest BCUT2D eigenvalue weighted by Gasteiger charge is 2.31. The number of aryl methyl sites for hydroxylation is 1. The highest BCUT2D eigenvalue weighted by Crippen LogP contribution is 2.27. The van der Waals surface area contributed by atoms with E-state index in [1.54, 1.807) is 6.20 Å². The van der Waals surface area contributed by atoms with Crippen molar-refractivity contribution in [1.29, 1.82) is 0 Å². The summed E-state index contributed by atoms with van der Waals surface area (Å²) in [6.07, 6.45) is 5.02. The smallest absolute Gasteiger partial charge is 0.322 e. The van der Waals surface area contributed by atoms with Gasteiger partial charge in [0.1, 0.15) is 5.82 Å². The number of hydrogen-bond acceptors (Lipinski definition) is 2. The zero-order valence-corrected chi connectivity index (χ0v) is 10.4. The fraction of sp³-hybridized carbons (Fsp3) is 0.538. The Morgan fingerprint density at radius 2 is 2.29 bits per heavy atom. The minimum atomic E-state index is -0.0225. The van der Waals surface area contributed by atoms with Crippen LogP contribution in [0.1, 0.15) is 31.7 Å². The van der Waals surface area contributed by atoms with Crippen LogP contribution in [-0.2, 0) is 0 Å². The molecule has 1 aliphatic carbocycles. The lowest BCUT2D eigenvalue weighted by atomic mass is 10.3. The van der Waals surface area contributed by atoms with Crippen LogP contribution in [-0.4, -0.2) is 28.5 Å². The lowest BCUT2D eigenvalue weighted by Gasteiger charge is -2.21. The van der Waals surface area contributed by atoms with Crippen molar-refractivity contribution in [3.63, 3.8) is 0 Å². The van der Waals surface area contributed by atoms with Crippen LogP contribution in [0.15, 0.2) is 18.3 Å². The number of carbonyl (C=O) groups is 1. The van der Waals surface area contributed by atoms with Gasteiger partial charge in [0.05, 0.1) is 0 Å². The quantitative estimate of drug-likeness (QED) is 0.869. The summed E-state index contributed by atoms with van der Waals surface area (Å²) in [6, 6.07) is 4.21. The average molecular weight is 233 g/mol. The van der Waals surface area contributed by atoms with Gasteiger partial charge in [-0.2, -0.15) is 0 Å². The summed E-state index contributed by atoms with van der Waals surface area (Å²) >= 11 is 0. The van der Waals surface area contributed by atoms with E-state index in [1.807, 2.05) is 24.0 Å². The van der Waals surface area contributed by atoms with Crippen molar-refractivity contribution in [2.45, 2.75) is 39.2 Å². The Morgan fingerprint density at radius 3 is 2.82 bits per heavy atom. The van der Waals surface area contributed by atoms with Crippen LogP contribution in [0.5, 0.6) is 0 Å². The average Bonchev–Trinajstić information content (AvgIpc) is 3.13. The lowest BCUT2D eigenvalue weighted by Crippen LogP contribution is -2.37. The summed E-state index contributed by atoms with van der Waals surface area (Å²) in [5.41, 5.74) is 1.09. The number of carbonyl (C=O) groups excluding carboxylic acids is 1. The number of rotatable bonds is 4. The minimum Gasteiger partial charge on any atom is -0.322 e. The number of anilines is 1. The third kappa shape index (κ3) is 3.19. The largest absolute Gasteiger partial charge is 0.323 e. The van der Waals surface area contributed by atoms with Crippen molar-refractivity contribution in [3.05, 3.63) is 23.9 Å². The normalized spacial score (nSPS) is 14.5. The molecule has 2 amide bonds. The Kier molecular flexibility index (Phi) is 3.61. The summed E-state index contributed by atoms with van der Waals surface area (Å²) < 4.78 is 0. The second-order valence-corrected chi connectivity index (χ2v) is 4.58. The molecule has 2 rings (SSSR count). The van der Waals surface area contributed by atoms with Crippen LogP contribution in [0, 0.1) is 6.92 Å². The van der Waals surface area contributed by atoms with E-state index in [2.05, 4.69) is 17.2 Å². The third-order valence-electron chi connectivity index (χ3n) is 2.86. The molecule has 0 atom stereocenters. The van der Waals surface area contributed by atoms with E-state index in [4.69, 9.17) is 0 Å². The monoisotopic (exact) mass is 233 g/mol. The van der Waals surface area contributed by atoms with Gasteiger partial charge in [-0.05, 0) is 37.8 Å². The molecule has 0 aliphatic heterocycles. The predicted molar refractivity (Wildman–Crippen MR) is 68.0 cm³/mol. The number of nitrogens with one attached hydrogen (secondary N) is 1. The molecule has 1 N–H and O–H groups in total. The van der Waals surface area contributed by atoms with E-state index in [0.717, 1.165) is 31.4 Å². The molecular weight excluding hydrogens is 214 g/mol. The Labute approximate surface area is 102 Å². The first-order valence-electron chi connectivity index (χ1n) is 6.21. The van der Waals surface area contributed by atoms with Crippen LogP contribution in [0.2, 0.25) is 0 Å². The molecule has 4 heteroatoms. The van der Waals surface area contributed by atoms with Gasteiger partial charge in [0.25, 0.3) is 0 Å². The van der Waals surface area contributed by atoms with E-state index >= 15 is 0 Å². The van der Waals surface area contributed by atoms with E-state index in [-0.39, 0.29) is 6.03 Å². The number of nitrogens with zero attached hydrogens (tertiary/aromatic N) is 2.